The van der Waals surface area contributed by atoms with Crippen molar-refractivity contribution in [1.82, 2.24) is 0 Å². The van der Waals surface area contributed by atoms with Crippen molar-refractivity contribution < 1.29 is 14.7 Å². The van der Waals surface area contributed by atoms with E-state index >= 15 is 0 Å². The largest absolute Gasteiger partial charge is 0.490 e. The summed E-state index contributed by atoms with van der Waals surface area (Å²) in [5.74, 6) is 1.70. The van der Waals surface area contributed by atoms with Crippen LogP contribution in [-0.4, -0.2) is 24.6 Å². The van der Waals surface area contributed by atoms with Crippen molar-refractivity contribution in [3.63, 3.8) is 0 Å². The Morgan fingerprint density at radius 3 is 2.23 bits per heavy atom. The van der Waals surface area contributed by atoms with Gasteiger partial charge in [0.05, 0.1) is 6.21 Å². The van der Waals surface area contributed by atoms with Gasteiger partial charge in [-0.25, -0.2) is 0 Å². The number of nitrogens with zero attached hydrogens (tertiary/aromatic N) is 1. The van der Waals surface area contributed by atoms with Crippen LogP contribution in [-0.2, 0) is 0 Å². The fourth-order valence-electron chi connectivity index (χ4n) is 2.17. The van der Waals surface area contributed by atoms with Gasteiger partial charge in [-0.2, -0.15) is 0 Å². The molecule has 0 saturated carbocycles. The van der Waals surface area contributed by atoms with Gasteiger partial charge in [-0.05, 0) is 67.3 Å². The van der Waals surface area contributed by atoms with Gasteiger partial charge in [0, 0.05) is 0 Å². The molecule has 4 nitrogen and oxygen atoms in total. The van der Waals surface area contributed by atoms with Crippen LogP contribution < -0.4 is 9.47 Å². The molecule has 22 heavy (non-hydrogen) atoms. The Hall–Kier alpha value is -2.49. The van der Waals surface area contributed by atoms with E-state index in [0.29, 0.717) is 13.2 Å². The van der Waals surface area contributed by atoms with E-state index in [9.17, 15) is 0 Å². The number of hydrogen-bond acceptors (Lipinski definition) is 4. The van der Waals surface area contributed by atoms with Gasteiger partial charge in [-0.1, -0.05) is 17.3 Å². The van der Waals surface area contributed by atoms with Gasteiger partial charge < -0.3 is 14.7 Å². The Morgan fingerprint density at radius 2 is 1.55 bits per heavy atom. The third-order valence-corrected chi connectivity index (χ3v) is 3.56. The van der Waals surface area contributed by atoms with Crippen molar-refractivity contribution in [1.29, 1.82) is 0 Å². The van der Waals surface area contributed by atoms with Crippen LogP contribution in [0.25, 0.3) is 0 Å². The molecule has 0 amide bonds. The van der Waals surface area contributed by atoms with Crippen LogP contribution in [0.5, 0.6) is 11.5 Å². The van der Waals surface area contributed by atoms with Crippen molar-refractivity contribution >= 4 is 6.21 Å². The topological polar surface area (TPSA) is 51.0 Å². The molecule has 0 unspecified atom stereocenters. The van der Waals surface area contributed by atoms with Crippen molar-refractivity contribution in [2.24, 2.45) is 5.16 Å². The van der Waals surface area contributed by atoms with E-state index in [-0.39, 0.29) is 0 Å². The Bertz CT molecular complexity index is 648. The second-order valence-corrected chi connectivity index (χ2v) is 5.16. The van der Waals surface area contributed by atoms with Gasteiger partial charge in [0.2, 0.25) is 0 Å². The van der Waals surface area contributed by atoms with Crippen molar-refractivity contribution in [2.45, 2.75) is 20.8 Å². The van der Waals surface area contributed by atoms with Crippen LogP contribution in [0.15, 0.2) is 41.6 Å². The first-order valence-electron chi connectivity index (χ1n) is 7.21. The van der Waals surface area contributed by atoms with E-state index in [2.05, 4.69) is 31.1 Å². The predicted molar refractivity (Wildman–Crippen MR) is 87.5 cm³/mol. The molecule has 2 rings (SSSR count). The molecule has 0 aliphatic carbocycles. The highest BCUT2D eigenvalue weighted by Gasteiger charge is 2.06. The lowest BCUT2D eigenvalue weighted by Gasteiger charge is -2.14. The zero-order valence-electron chi connectivity index (χ0n) is 13.2. The number of oxime groups is 1. The molecule has 0 aliphatic rings. The van der Waals surface area contributed by atoms with Crippen molar-refractivity contribution in [2.75, 3.05) is 13.2 Å². The van der Waals surface area contributed by atoms with Crippen LogP contribution in [0.4, 0.5) is 0 Å². The van der Waals surface area contributed by atoms with Gasteiger partial charge in [0.25, 0.3) is 0 Å². The number of benzene rings is 2. The summed E-state index contributed by atoms with van der Waals surface area (Å²) < 4.78 is 11.5. The highest BCUT2D eigenvalue weighted by molar-refractivity contribution is 5.79. The average molecular weight is 299 g/mol. The molecule has 0 heterocycles. The molecule has 0 radical (unpaired) electrons. The summed E-state index contributed by atoms with van der Waals surface area (Å²) in [6.45, 7) is 7.16. The molecule has 0 aromatic heterocycles. The zero-order valence-corrected chi connectivity index (χ0v) is 13.2. The first-order chi connectivity index (χ1) is 10.6. The summed E-state index contributed by atoms with van der Waals surface area (Å²) in [5, 5.41) is 11.4. The maximum absolute atomic E-state index is 8.46. The smallest absolute Gasteiger partial charge is 0.125 e. The molecule has 0 spiro atoms. The Kier molecular flexibility index (Phi) is 5.42. The minimum Gasteiger partial charge on any atom is -0.490 e. The molecule has 0 aliphatic heterocycles. The van der Waals surface area contributed by atoms with Gasteiger partial charge in [0.1, 0.15) is 24.7 Å². The van der Waals surface area contributed by atoms with Crippen LogP contribution in [0.1, 0.15) is 22.3 Å². The quantitative estimate of drug-likeness (QED) is 0.381. The molecular weight excluding hydrogens is 278 g/mol. The fraction of sp³-hybridized carbons (Fsp3) is 0.278. The lowest BCUT2D eigenvalue weighted by molar-refractivity contribution is 0.215. The highest BCUT2D eigenvalue weighted by Crippen LogP contribution is 2.25. The molecule has 0 atom stereocenters. The molecule has 2 aromatic carbocycles. The van der Waals surface area contributed by atoms with Crippen molar-refractivity contribution in [3.8, 4) is 11.5 Å². The predicted octanol–water partition coefficient (Wildman–Crippen LogP) is 3.88. The lowest BCUT2D eigenvalue weighted by atomic mass is 10.1. The molecule has 2 aromatic rings. The standard InChI is InChI=1S/C18H21NO3/c1-13-4-5-14(2)18(15(13)3)22-11-10-21-17-8-6-16(7-9-17)12-19-20/h4-9,12,20H,10-11H2,1-3H3/b19-12+. The Morgan fingerprint density at radius 1 is 0.909 bits per heavy atom. The van der Waals surface area contributed by atoms with Gasteiger partial charge in [-0.15, -0.1) is 0 Å². The molecular formula is C18H21NO3. The Balaban J connectivity index is 1.86. The van der Waals surface area contributed by atoms with E-state index < -0.39 is 0 Å². The number of hydrogen-bond donors (Lipinski definition) is 1. The molecule has 0 fully saturated rings. The number of aryl methyl sites for hydroxylation is 2. The summed E-state index contributed by atoms with van der Waals surface area (Å²) in [4.78, 5) is 0. The first-order valence-corrected chi connectivity index (χ1v) is 7.21. The van der Waals surface area contributed by atoms with Crippen molar-refractivity contribution in [3.05, 3.63) is 58.7 Å². The minimum absolute atomic E-state index is 0.472. The zero-order chi connectivity index (χ0) is 15.9. The average Bonchev–Trinajstić information content (AvgIpc) is 2.52. The second kappa shape index (κ2) is 7.50. The van der Waals surface area contributed by atoms with Crippen LogP contribution >= 0.6 is 0 Å². The SMILES string of the molecule is Cc1ccc(C)c(OCCOc2ccc(/C=N/O)cc2)c1C. The first kappa shape index (κ1) is 15.9. The van der Waals surface area contributed by atoms with E-state index in [1.807, 2.05) is 31.2 Å². The van der Waals surface area contributed by atoms with Crippen LogP contribution in [0.3, 0.4) is 0 Å². The van der Waals surface area contributed by atoms with Gasteiger partial charge in [-0.3, -0.25) is 0 Å². The molecule has 0 saturated heterocycles. The van der Waals surface area contributed by atoms with E-state index in [1.165, 1.54) is 17.3 Å². The maximum atomic E-state index is 8.46. The maximum Gasteiger partial charge on any atom is 0.125 e. The summed E-state index contributed by atoms with van der Waals surface area (Å²) in [7, 11) is 0. The summed E-state index contributed by atoms with van der Waals surface area (Å²) in [5.41, 5.74) is 4.35. The minimum atomic E-state index is 0.472. The summed E-state index contributed by atoms with van der Waals surface area (Å²) in [6, 6.07) is 11.5. The summed E-state index contributed by atoms with van der Waals surface area (Å²) >= 11 is 0. The summed E-state index contributed by atoms with van der Waals surface area (Å²) in [6.07, 6.45) is 1.37. The number of ether oxygens (including phenoxy) is 2. The lowest BCUT2D eigenvalue weighted by Crippen LogP contribution is -2.10. The van der Waals surface area contributed by atoms with Crippen LogP contribution in [0.2, 0.25) is 0 Å². The Labute approximate surface area is 131 Å². The van der Waals surface area contributed by atoms with Gasteiger partial charge >= 0.3 is 0 Å². The van der Waals surface area contributed by atoms with Gasteiger partial charge in [0.15, 0.2) is 0 Å². The van der Waals surface area contributed by atoms with E-state index in [0.717, 1.165) is 22.6 Å². The highest BCUT2D eigenvalue weighted by atomic mass is 16.5. The van der Waals surface area contributed by atoms with E-state index in [1.54, 1.807) is 0 Å². The third kappa shape index (κ3) is 4.01. The second-order valence-electron chi connectivity index (χ2n) is 5.16. The number of rotatable bonds is 6. The molecule has 1 N–H and O–H groups in total. The monoisotopic (exact) mass is 299 g/mol. The van der Waals surface area contributed by atoms with Crippen LogP contribution in [0, 0.1) is 20.8 Å². The normalized spacial score (nSPS) is 10.9. The molecule has 116 valence electrons. The fourth-order valence-corrected chi connectivity index (χ4v) is 2.17. The molecule has 4 heteroatoms. The molecule has 0 bridgehead atoms. The van der Waals surface area contributed by atoms with E-state index in [4.69, 9.17) is 14.7 Å². The third-order valence-electron chi connectivity index (χ3n) is 3.56.